The van der Waals surface area contributed by atoms with E-state index in [1.807, 2.05) is 54.6 Å². The first-order valence-corrected chi connectivity index (χ1v) is 23.1. The smallest absolute Gasteiger partial charge is 0.305 e. The van der Waals surface area contributed by atoms with Gasteiger partial charge >= 0.3 is 5.69 Å². The highest BCUT2D eigenvalue weighted by Gasteiger charge is 2.42. The highest BCUT2D eigenvalue weighted by atomic mass is 28.3. The van der Waals surface area contributed by atoms with Crippen molar-refractivity contribution < 1.29 is 9.31 Å². The van der Waals surface area contributed by atoms with Crippen molar-refractivity contribution in [3.63, 3.8) is 0 Å². The summed E-state index contributed by atoms with van der Waals surface area (Å²) in [6, 6.07) is 63.6. The summed E-state index contributed by atoms with van der Waals surface area (Å²) in [5.74, 6) is -0.878. The number of hydrogen-bond acceptors (Lipinski definition) is 3. The van der Waals surface area contributed by atoms with Crippen LogP contribution in [0.1, 0.15) is 52.7 Å². The van der Waals surface area contributed by atoms with Gasteiger partial charge in [-0.1, -0.05) is 224 Å². The second kappa shape index (κ2) is 16.5. The zero-order valence-corrected chi connectivity index (χ0v) is 37.1. The monoisotopic (exact) mass is 830 g/mol. The van der Waals surface area contributed by atoms with Gasteiger partial charge in [-0.15, -0.1) is 0 Å². The second-order valence-electron chi connectivity index (χ2n) is 18.1. The molecular formula is C56H51FN2O2Si. The van der Waals surface area contributed by atoms with Crippen molar-refractivity contribution in [2.45, 2.75) is 52.4 Å². The fourth-order valence-electron chi connectivity index (χ4n) is 8.82. The predicted octanol–water partition coefficient (Wildman–Crippen LogP) is 12.0. The number of benzene rings is 8. The molecule has 0 saturated heterocycles. The molecule has 0 unspecified atom stereocenters. The molecule has 62 heavy (non-hydrogen) atoms. The van der Waals surface area contributed by atoms with Gasteiger partial charge in [-0.05, 0) is 70.5 Å². The van der Waals surface area contributed by atoms with Gasteiger partial charge in [0.15, 0.2) is 8.07 Å². The molecule has 0 aliphatic carbocycles. The minimum atomic E-state index is -3.06. The number of nitro benzene ring substituents is 1. The Morgan fingerprint density at radius 2 is 0.871 bits per heavy atom. The molecule has 8 rings (SSSR count). The Labute approximate surface area is 365 Å². The fraction of sp³-hybridized carbons (Fsp3) is 0.143. The summed E-state index contributed by atoms with van der Waals surface area (Å²) in [7, 11) is -3.06. The zero-order chi connectivity index (χ0) is 43.8. The van der Waals surface area contributed by atoms with Crippen molar-refractivity contribution in [3.8, 4) is 44.5 Å². The van der Waals surface area contributed by atoms with Crippen LogP contribution in [0.15, 0.2) is 188 Å². The molecule has 0 fully saturated rings. The maximum absolute atomic E-state index is 16.5. The van der Waals surface area contributed by atoms with Crippen molar-refractivity contribution in [3.05, 3.63) is 215 Å². The van der Waals surface area contributed by atoms with Gasteiger partial charge in [0.25, 0.3) is 0 Å². The van der Waals surface area contributed by atoms with E-state index in [4.69, 9.17) is 5.73 Å². The SMILES string of the molecule is CC(C)(C)c1cc(-c2cccc(-c3ccccc3-c3cc([Si](c4ccccc4)(c4ccccc4)c4ccccc4)ccc3-c3cccc([N+](=O)[O-])c3F)c2N)cc(C(C)(C)C)c1. The Balaban J connectivity index is 1.44. The molecule has 8 aromatic carbocycles. The third kappa shape index (κ3) is 7.67. The van der Waals surface area contributed by atoms with Crippen LogP contribution in [0.4, 0.5) is 15.8 Å². The van der Waals surface area contributed by atoms with E-state index >= 15 is 4.39 Å². The van der Waals surface area contributed by atoms with E-state index in [0.29, 0.717) is 11.3 Å². The summed E-state index contributed by atoms with van der Waals surface area (Å²) in [5, 5.41) is 16.8. The largest absolute Gasteiger partial charge is 0.398 e. The molecule has 0 bridgehead atoms. The zero-order valence-electron chi connectivity index (χ0n) is 36.1. The van der Waals surface area contributed by atoms with Gasteiger partial charge < -0.3 is 5.73 Å². The van der Waals surface area contributed by atoms with Gasteiger partial charge in [0.05, 0.1) is 4.92 Å². The van der Waals surface area contributed by atoms with Crippen LogP contribution in [-0.2, 0) is 10.8 Å². The molecule has 4 nitrogen and oxygen atoms in total. The molecule has 0 saturated carbocycles. The topological polar surface area (TPSA) is 69.2 Å². The number of para-hydroxylation sites is 1. The molecule has 0 spiro atoms. The molecule has 8 aromatic rings. The first-order valence-electron chi connectivity index (χ1n) is 21.1. The maximum Gasteiger partial charge on any atom is 0.305 e. The van der Waals surface area contributed by atoms with E-state index in [-0.39, 0.29) is 16.4 Å². The van der Waals surface area contributed by atoms with Crippen LogP contribution in [0.25, 0.3) is 44.5 Å². The normalized spacial score (nSPS) is 12.0. The average molecular weight is 831 g/mol. The van der Waals surface area contributed by atoms with Crippen molar-refractivity contribution >= 4 is 40.2 Å². The van der Waals surface area contributed by atoms with Crippen molar-refractivity contribution in [2.24, 2.45) is 0 Å². The van der Waals surface area contributed by atoms with Crippen LogP contribution in [0, 0.1) is 15.9 Å². The standard InChI is InChI=1S/C56H51FN2O2Si/c1-55(2,3)39-34-38(35-40(36-39)56(4,5)6)45-28-18-30-50(54(45)58)46-26-16-17-27-47(46)51-37-44(32-33-48(51)49-29-19-31-52(53(49)57)59(60)61)62(41-20-10-7-11-21-41,42-22-12-8-13-23-42)43-24-14-9-15-25-43/h7-37H,58H2,1-6H3. The maximum atomic E-state index is 16.5. The lowest BCUT2D eigenvalue weighted by Gasteiger charge is -2.35. The highest BCUT2D eigenvalue weighted by molar-refractivity contribution is 7.19. The number of nitro groups is 1. The number of hydrogen-bond donors (Lipinski definition) is 1. The van der Waals surface area contributed by atoms with Crippen LogP contribution < -0.4 is 26.5 Å². The van der Waals surface area contributed by atoms with E-state index in [1.54, 1.807) is 12.1 Å². The Kier molecular flexibility index (Phi) is 11.1. The number of rotatable bonds is 9. The minimum absolute atomic E-state index is 0.0873. The van der Waals surface area contributed by atoms with Gasteiger partial charge in [-0.3, -0.25) is 10.1 Å². The molecular weight excluding hydrogens is 780 g/mol. The van der Waals surface area contributed by atoms with Gasteiger partial charge in [0.2, 0.25) is 5.82 Å². The summed E-state index contributed by atoms with van der Waals surface area (Å²) < 4.78 is 16.5. The summed E-state index contributed by atoms with van der Waals surface area (Å²) in [4.78, 5) is 11.5. The number of halogens is 1. The number of nitrogens with zero attached hydrogens (tertiary/aromatic N) is 1. The summed E-state index contributed by atoms with van der Waals surface area (Å²) in [6.45, 7) is 13.4. The van der Waals surface area contributed by atoms with Crippen LogP contribution in [0.3, 0.4) is 0 Å². The molecule has 0 amide bonds. The fourth-order valence-corrected chi connectivity index (χ4v) is 13.6. The minimum Gasteiger partial charge on any atom is -0.398 e. The molecule has 2 N–H and O–H groups in total. The van der Waals surface area contributed by atoms with E-state index < -0.39 is 24.5 Å². The number of nitrogens with two attached hydrogens (primary N) is 1. The first kappa shape index (κ1) is 41.8. The summed E-state index contributed by atoms with van der Waals surface area (Å²) in [5.41, 5.74) is 15.6. The van der Waals surface area contributed by atoms with E-state index in [2.05, 4.69) is 157 Å². The Bertz CT molecular complexity index is 2790. The molecule has 6 heteroatoms. The second-order valence-corrected chi connectivity index (χ2v) is 21.9. The third-order valence-corrected chi connectivity index (χ3v) is 16.9. The molecule has 0 radical (unpaired) electrons. The van der Waals surface area contributed by atoms with Crippen molar-refractivity contribution in [2.75, 3.05) is 5.73 Å². The van der Waals surface area contributed by atoms with Crippen LogP contribution in [0.2, 0.25) is 0 Å². The van der Waals surface area contributed by atoms with Crippen molar-refractivity contribution in [1.82, 2.24) is 0 Å². The van der Waals surface area contributed by atoms with Crippen molar-refractivity contribution in [1.29, 1.82) is 0 Å². The lowest BCUT2D eigenvalue weighted by molar-refractivity contribution is -0.387. The molecule has 0 aromatic heterocycles. The summed E-state index contributed by atoms with van der Waals surface area (Å²) in [6.07, 6.45) is 0. The Morgan fingerprint density at radius 1 is 0.452 bits per heavy atom. The number of anilines is 1. The van der Waals surface area contributed by atoms with Gasteiger partial charge in [0.1, 0.15) is 0 Å². The lowest BCUT2D eigenvalue weighted by atomic mass is 9.78. The molecule has 0 atom stereocenters. The van der Waals surface area contributed by atoms with E-state index in [1.165, 1.54) is 32.8 Å². The van der Waals surface area contributed by atoms with E-state index in [9.17, 15) is 10.1 Å². The molecule has 0 aliphatic heterocycles. The molecule has 0 aliphatic rings. The lowest BCUT2D eigenvalue weighted by Crippen LogP contribution is -2.74. The first-order chi connectivity index (χ1) is 29.7. The van der Waals surface area contributed by atoms with Gasteiger partial charge in [0, 0.05) is 28.4 Å². The highest BCUT2D eigenvalue weighted by Crippen LogP contribution is 2.44. The van der Waals surface area contributed by atoms with E-state index in [0.717, 1.165) is 38.6 Å². The average Bonchev–Trinajstić information content (AvgIpc) is 3.27. The summed E-state index contributed by atoms with van der Waals surface area (Å²) >= 11 is 0. The quantitative estimate of drug-likeness (QED) is 0.0518. The molecule has 308 valence electrons. The molecule has 0 heterocycles. The van der Waals surface area contributed by atoms with Gasteiger partial charge in [-0.25, -0.2) is 0 Å². The van der Waals surface area contributed by atoms with Crippen LogP contribution >= 0.6 is 0 Å². The predicted molar refractivity (Wildman–Crippen MR) is 260 cm³/mol. The van der Waals surface area contributed by atoms with Crippen LogP contribution in [-0.4, -0.2) is 13.0 Å². The number of nitrogen functional groups attached to an aromatic ring is 1. The Hall–Kier alpha value is -6.89. The Morgan fingerprint density at radius 3 is 1.37 bits per heavy atom. The van der Waals surface area contributed by atoms with Gasteiger partial charge in [-0.2, -0.15) is 4.39 Å². The van der Waals surface area contributed by atoms with Crippen LogP contribution in [0.5, 0.6) is 0 Å². The third-order valence-electron chi connectivity index (χ3n) is 12.1.